The number of hydrogen-bond donors (Lipinski definition) is 1. The SMILES string of the molecule is CCCOc1ccc(C(O)(CCN2CCCCC2)c2ccc(OC)cc2)cc1. The third kappa shape index (κ3) is 5.06. The Hall–Kier alpha value is -2.04. The maximum absolute atomic E-state index is 11.8. The molecule has 1 N–H and O–H groups in total. The Morgan fingerprint density at radius 2 is 1.46 bits per heavy atom. The van der Waals surface area contributed by atoms with Crippen molar-refractivity contribution in [1.29, 1.82) is 0 Å². The van der Waals surface area contributed by atoms with Crippen LogP contribution in [0.15, 0.2) is 48.5 Å². The summed E-state index contributed by atoms with van der Waals surface area (Å²) in [4.78, 5) is 2.47. The molecule has 1 heterocycles. The van der Waals surface area contributed by atoms with Crippen molar-refractivity contribution in [2.24, 2.45) is 0 Å². The first-order valence-electron chi connectivity index (χ1n) is 10.5. The maximum atomic E-state index is 11.8. The number of hydrogen-bond acceptors (Lipinski definition) is 4. The summed E-state index contributed by atoms with van der Waals surface area (Å²) < 4.78 is 11.0. The summed E-state index contributed by atoms with van der Waals surface area (Å²) in [6.07, 6.45) is 5.47. The van der Waals surface area contributed by atoms with Gasteiger partial charge >= 0.3 is 0 Å². The molecule has 152 valence electrons. The van der Waals surface area contributed by atoms with Gasteiger partial charge in [0.05, 0.1) is 13.7 Å². The van der Waals surface area contributed by atoms with Crippen molar-refractivity contribution in [2.75, 3.05) is 33.4 Å². The lowest BCUT2D eigenvalue weighted by atomic mass is 9.83. The number of nitrogens with zero attached hydrogens (tertiary/aromatic N) is 1. The molecule has 4 heteroatoms. The highest BCUT2D eigenvalue weighted by Crippen LogP contribution is 2.35. The van der Waals surface area contributed by atoms with Gasteiger partial charge in [-0.25, -0.2) is 0 Å². The minimum Gasteiger partial charge on any atom is -0.497 e. The van der Waals surface area contributed by atoms with Gasteiger partial charge in [0.15, 0.2) is 0 Å². The highest BCUT2D eigenvalue weighted by molar-refractivity contribution is 5.41. The van der Waals surface area contributed by atoms with Gasteiger partial charge < -0.3 is 19.5 Å². The monoisotopic (exact) mass is 383 g/mol. The van der Waals surface area contributed by atoms with Crippen molar-refractivity contribution in [1.82, 2.24) is 4.90 Å². The zero-order chi connectivity index (χ0) is 19.8. The molecule has 1 fully saturated rings. The summed E-state index contributed by atoms with van der Waals surface area (Å²) in [6.45, 7) is 5.94. The Morgan fingerprint density at radius 1 is 0.893 bits per heavy atom. The molecule has 0 saturated carbocycles. The van der Waals surface area contributed by atoms with Crippen LogP contribution in [0.4, 0.5) is 0 Å². The summed E-state index contributed by atoms with van der Waals surface area (Å²) >= 11 is 0. The second kappa shape index (κ2) is 9.94. The number of rotatable bonds is 9. The van der Waals surface area contributed by atoms with Crippen LogP contribution in [0.2, 0.25) is 0 Å². The first-order chi connectivity index (χ1) is 13.7. The van der Waals surface area contributed by atoms with Crippen molar-refractivity contribution in [2.45, 2.75) is 44.6 Å². The lowest BCUT2D eigenvalue weighted by molar-refractivity contribution is 0.0545. The fraction of sp³-hybridized carbons (Fsp3) is 0.500. The summed E-state index contributed by atoms with van der Waals surface area (Å²) in [5.41, 5.74) is 0.763. The molecule has 1 aliphatic heterocycles. The van der Waals surface area contributed by atoms with Gasteiger partial charge in [0.25, 0.3) is 0 Å². The Labute approximate surface area is 169 Å². The molecule has 1 unspecified atom stereocenters. The van der Waals surface area contributed by atoms with Gasteiger partial charge in [0.1, 0.15) is 17.1 Å². The smallest absolute Gasteiger partial charge is 0.119 e. The largest absolute Gasteiger partial charge is 0.497 e. The topological polar surface area (TPSA) is 41.9 Å². The van der Waals surface area contributed by atoms with E-state index in [1.165, 1.54) is 19.3 Å². The van der Waals surface area contributed by atoms with E-state index < -0.39 is 5.60 Å². The average molecular weight is 384 g/mol. The zero-order valence-electron chi connectivity index (χ0n) is 17.2. The average Bonchev–Trinajstić information content (AvgIpc) is 2.77. The standard InChI is InChI=1S/C24H33NO3/c1-3-19-28-23-13-9-21(10-14-23)24(26,15-18-25-16-5-4-6-17-25)20-7-11-22(27-2)12-8-20/h7-14,26H,3-6,15-19H2,1-2H3. The molecule has 1 atom stereocenters. The van der Waals surface area contributed by atoms with E-state index in [-0.39, 0.29) is 0 Å². The molecule has 28 heavy (non-hydrogen) atoms. The Balaban J connectivity index is 1.83. The molecular weight excluding hydrogens is 350 g/mol. The molecule has 0 aromatic heterocycles. The zero-order valence-corrected chi connectivity index (χ0v) is 17.2. The van der Waals surface area contributed by atoms with E-state index in [0.29, 0.717) is 13.0 Å². The van der Waals surface area contributed by atoms with Gasteiger partial charge in [-0.3, -0.25) is 0 Å². The number of piperidine rings is 1. The van der Waals surface area contributed by atoms with Gasteiger partial charge in [-0.1, -0.05) is 37.6 Å². The van der Waals surface area contributed by atoms with E-state index in [1.807, 2.05) is 48.5 Å². The minimum atomic E-state index is -1.03. The third-order valence-electron chi connectivity index (χ3n) is 5.61. The van der Waals surface area contributed by atoms with Crippen LogP contribution < -0.4 is 9.47 Å². The summed E-state index contributed by atoms with van der Waals surface area (Å²) in [7, 11) is 1.66. The van der Waals surface area contributed by atoms with Crippen LogP contribution in [0, 0.1) is 0 Å². The number of aliphatic hydroxyl groups is 1. The van der Waals surface area contributed by atoms with Gasteiger partial charge in [0, 0.05) is 6.54 Å². The maximum Gasteiger partial charge on any atom is 0.119 e. The number of ether oxygens (including phenoxy) is 2. The van der Waals surface area contributed by atoms with Crippen LogP contribution in [-0.4, -0.2) is 43.4 Å². The molecule has 0 spiro atoms. The lowest BCUT2D eigenvalue weighted by Crippen LogP contribution is -2.36. The van der Waals surface area contributed by atoms with Crippen molar-refractivity contribution in [3.8, 4) is 11.5 Å². The van der Waals surface area contributed by atoms with Crippen LogP contribution in [0.5, 0.6) is 11.5 Å². The summed E-state index contributed by atoms with van der Waals surface area (Å²) in [6, 6.07) is 15.7. The number of benzene rings is 2. The van der Waals surface area contributed by atoms with E-state index in [9.17, 15) is 5.11 Å². The highest BCUT2D eigenvalue weighted by Gasteiger charge is 2.32. The molecule has 2 aromatic rings. The van der Waals surface area contributed by atoms with Crippen LogP contribution in [0.3, 0.4) is 0 Å². The van der Waals surface area contributed by atoms with Crippen molar-refractivity contribution >= 4 is 0 Å². The van der Waals surface area contributed by atoms with E-state index in [0.717, 1.165) is 48.7 Å². The molecular formula is C24H33NO3. The Kier molecular flexibility index (Phi) is 7.35. The second-order valence-corrected chi connectivity index (χ2v) is 7.61. The van der Waals surface area contributed by atoms with Crippen LogP contribution in [-0.2, 0) is 5.60 Å². The highest BCUT2D eigenvalue weighted by atomic mass is 16.5. The molecule has 4 nitrogen and oxygen atoms in total. The molecule has 0 radical (unpaired) electrons. The first-order valence-corrected chi connectivity index (χ1v) is 10.5. The molecule has 0 bridgehead atoms. The predicted octanol–water partition coefficient (Wildman–Crippen LogP) is 4.60. The molecule has 2 aromatic carbocycles. The summed E-state index contributed by atoms with van der Waals surface area (Å²) in [5.74, 6) is 1.64. The van der Waals surface area contributed by atoms with Gasteiger partial charge in [-0.05, 0) is 74.2 Å². The Bertz CT molecular complexity index is 708. The fourth-order valence-electron chi connectivity index (χ4n) is 3.87. The van der Waals surface area contributed by atoms with E-state index in [4.69, 9.17) is 9.47 Å². The predicted molar refractivity (Wildman–Crippen MR) is 113 cm³/mol. The fourth-order valence-corrected chi connectivity index (χ4v) is 3.87. The minimum absolute atomic E-state index is 0.661. The molecule has 0 aliphatic carbocycles. The second-order valence-electron chi connectivity index (χ2n) is 7.61. The number of likely N-dealkylation sites (tertiary alicyclic amines) is 1. The first kappa shape index (κ1) is 20.7. The Morgan fingerprint density at radius 3 is 2.00 bits per heavy atom. The van der Waals surface area contributed by atoms with Gasteiger partial charge in [-0.2, -0.15) is 0 Å². The van der Waals surface area contributed by atoms with Crippen LogP contribution in [0.25, 0.3) is 0 Å². The molecule has 1 aliphatic rings. The van der Waals surface area contributed by atoms with Crippen molar-refractivity contribution < 1.29 is 14.6 Å². The summed E-state index contributed by atoms with van der Waals surface area (Å²) in [5, 5.41) is 11.8. The molecule has 1 saturated heterocycles. The van der Waals surface area contributed by atoms with Crippen molar-refractivity contribution in [3.05, 3.63) is 59.7 Å². The third-order valence-corrected chi connectivity index (χ3v) is 5.61. The quantitative estimate of drug-likeness (QED) is 0.687. The number of methoxy groups -OCH3 is 1. The van der Waals surface area contributed by atoms with Crippen molar-refractivity contribution in [3.63, 3.8) is 0 Å². The molecule has 3 rings (SSSR count). The molecule has 0 amide bonds. The lowest BCUT2D eigenvalue weighted by Gasteiger charge is -2.34. The van der Waals surface area contributed by atoms with E-state index >= 15 is 0 Å². The van der Waals surface area contributed by atoms with Gasteiger partial charge in [0.2, 0.25) is 0 Å². The van der Waals surface area contributed by atoms with Crippen LogP contribution >= 0.6 is 0 Å². The van der Waals surface area contributed by atoms with Crippen LogP contribution in [0.1, 0.15) is 50.2 Å². The normalized spacial score (nSPS) is 17.1. The van der Waals surface area contributed by atoms with Gasteiger partial charge in [-0.15, -0.1) is 0 Å². The van der Waals surface area contributed by atoms with E-state index in [2.05, 4.69) is 11.8 Å². The van der Waals surface area contributed by atoms with E-state index in [1.54, 1.807) is 7.11 Å².